The van der Waals surface area contributed by atoms with Crippen molar-refractivity contribution >= 4 is 29.2 Å². The molecule has 4 rings (SSSR count). The molecule has 3 heterocycles. The van der Waals surface area contributed by atoms with E-state index in [9.17, 15) is 9.59 Å². The Morgan fingerprint density at radius 1 is 1.35 bits per heavy atom. The quantitative estimate of drug-likeness (QED) is 0.901. The highest BCUT2D eigenvalue weighted by Gasteiger charge is 2.40. The van der Waals surface area contributed by atoms with Gasteiger partial charge in [-0.1, -0.05) is 11.6 Å². The molecule has 0 radical (unpaired) electrons. The molecule has 23 heavy (non-hydrogen) atoms. The number of urea groups is 1. The number of nitrogens with one attached hydrogen (secondary N) is 1. The summed E-state index contributed by atoms with van der Waals surface area (Å²) in [6, 6.07) is 5.01. The number of benzene rings is 1. The lowest BCUT2D eigenvalue weighted by Gasteiger charge is -2.32. The average molecular weight is 338 g/mol. The highest BCUT2D eigenvalue weighted by atomic mass is 35.5. The van der Waals surface area contributed by atoms with Crippen molar-refractivity contribution in [2.45, 2.75) is 18.9 Å². The number of amides is 3. The average Bonchev–Trinajstić information content (AvgIpc) is 2.81. The van der Waals surface area contributed by atoms with Gasteiger partial charge in [-0.15, -0.1) is 0 Å². The Kier molecular flexibility index (Phi) is 4.35. The van der Waals surface area contributed by atoms with Gasteiger partial charge < -0.3 is 19.9 Å². The van der Waals surface area contributed by atoms with Gasteiger partial charge in [-0.25, -0.2) is 4.79 Å². The fraction of sp³-hybridized carbons (Fsp3) is 0.500. The second kappa shape index (κ2) is 6.28. The Morgan fingerprint density at radius 3 is 2.83 bits per heavy atom. The predicted molar refractivity (Wildman–Crippen MR) is 87.9 cm³/mol. The maximum Gasteiger partial charge on any atom is 0.321 e. The van der Waals surface area contributed by atoms with E-state index in [4.69, 9.17) is 16.3 Å². The van der Waals surface area contributed by atoms with Gasteiger partial charge in [-0.2, -0.15) is 0 Å². The van der Waals surface area contributed by atoms with E-state index in [2.05, 4.69) is 5.32 Å². The van der Waals surface area contributed by atoms with Gasteiger partial charge in [0.2, 0.25) is 5.91 Å². The number of rotatable bonds is 2. The monoisotopic (exact) mass is 337 g/mol. The van der Waals surface area contributed by atoms with Crippen molar-refractivity contribution in [3.63, 3.8) is 0 Å². The second-order valence-corrected chi connectivity index (χ2v) is 6.47. The van der Waals surface area contributed by atoms with Gasteiger partial charge in [0.1, 0.15) is 5.75 Å². The number of likely N-dealkylation sites (N-methyl/N-ethyl adjacent to an activating group) is 1. The first-order valence-electron chi connectivity index (χ1n) is 7.65. The molecule has 124 valence electrons. The van der Waals surface area contributed by atoms with E-state index in [0.717, 1.165) is 12.8 Å². The normalized spacial score (nSPS) is 23.7. The van der Waals surface area contributed by atoms with Crippen molar-refractivity contribution < 1.29 is 14.3 Å². The van der Waals surface area contributed by atoms with Crippen molar-refractivity contribution in [2.24, 2.45) is 5.92 Å². The van der Waals surface area contributed by atoms with Crippen LogP contribution < -0.4 is 10.1 Å². The lowest BCUT2D eigenvalue weighted by molar-refractivity contribution is -0.138. The summed E-state index contributed by atoms with van der Waals surface area (Å²) in [5.41, 5.74) is 0.608. The Labute approximate surface area is 140 Å². The van der Waals surface area contributed by atoms with Crippen LogP contribution in [0.1, 0.15) is 12.8 Å². The molecule has 1 aromatic rings. The van der Waals surface area contributed by atoms with Crippen molar-refractivity contribution in [1.82, 2.24) is 9.80 Å². The largest absolute Gasteiger partial charge is 0.495 e. The third-order valence-corrected chi connectivity index (χ3v) is 4.95. The summed E-state index contributed by atoms with van der Waals surface area (Å²) in [6.07, 6.45) is 1.80. The fourth-order valence-electron chi connectivity index (χ4n) is 3.27. The summed E-state index contributed by atoms with van der Waals surface area (Å²) in [4.78, 5) is 28.2. The van der Waals surface area contributed by atoms with Crippen LogP contribution in [0.25, 0.3) is 0 Å². The number of carbonyl (C=O) groups is 2. The SMILES string of the molecule is COc1ccc(NC(=O)N2C[C@H]3CC[C@@H](C2)N(C)C3=O)cc1Cl. The molecule has 2 atom stereocenters. The minimum absolute atomic E-state index is 0.0936. The van der Waals surface area contributed by atoms with Gasteiger partial charge >= 0.3 is 6.03 Å². The second-order valence-electron chi connectivity index (χ2n) is 6.06. The highest BCUT2D eigenvalue weighted by Crippen LogP contribution is 2.30. The van der Waals surface area contributed by atoms with Crippen LogP contribution in [0, 0.1) is 5.92 Å². The van der Waals surface area contributed by atoms with Gasteiger partial charge in [-0.3, -0.25) is 4.79 Å². The van der Waals surface area contributed by atoms with Crippen LogP contribution in [-0.2, 0) is 4.79 Å². The van der Waals surface area contributed by atoms with Crippen LogP contribution in [0.3, 0.4) is 0 Å². The number of carbonyl (C=O) groups excluding carboxylic acids is 2. The number of piperidine rings is 1. The molecule has 6 nitrogen and oxygen atoms in total. The maximum atomic E-state index is 12.5. The number of methoxy groups -OCH3 is 1. The first-order valence-corrected chi connectivity index (χ1v) is 8.03. The van der Waals surface area contributed by atoms with E-state index in [-0.39, 0.29) is 23.9 Å². The van der Waals surface area contributed by atoms with E-state index in [1.165, 1.54) is 0 Å². The van der Waals surface area contributed by atoms with Crippen LogP contribution >= 0.6 is 11.6 Å². The van der Waals surface area contributed by atoms with Crippen LogP contribution in [0.2, 0.25) is 5.02 Å². The lowest BCUT2D eigenvalue weighted by atomic mass is 9.95. The first kappa shape index (κ1) is 15.9. The fourth-order valence-corrected chi connectivity index (χ4v) is 3.53. The summed E-state index contributed by atoms with van der Waals surface area (Å²) in [5, 5.41) is 3.29. The number of nitrogens with zero attached hydrogens (tertiary/aromatic N) is 2. The third-order valence-electron chi connectivity index (χ3n) is 4.66. The van der Waals surface area contributed by atoms with Crippen molar-refractivity contribution in [2.75, 3.05) is 32.6 Å². The standard InChI is InChI=1S/C16H20ClN3O3/c1-19-12-5-3-10(15(19)21)8-20(9-12)16(22)18-11-4-6-14(23-2)13(17)7-11/h4,6-7,10,12H,3,5,8-9H2,1-2H3,(H,18,22)/t10-,12+/m1/s1. The van der Waals surface area contributed by atoms with Crippen LogP contribution in [0.15, 0.2) is 18.2 Å². The molecule has 1 N–H and O–H groups in total. The Hall–Kier alpha value is -1.95. The number of fused-ring (bicyclic) bond motifs is 4. The number of hydrogen-bond acceptors (Lipinski definition) is 3. The number of ether oxygens (including phenoxy) is 1. The van der Waals surface area contributed by atoms with Gasteiger partial charge in [0.05, 0.1) is 18.1 Å². The van der Waals surface area contributed by atoms with Crippen molar-refractivity contribution in [3.8, 4) is 5.75 Å². The van der Waals surface area contributed by atoms with E-state index < -0.39 is 0 Å². The van der Waals surface area contributed by atoms with Gasteiger partial charge in [0.15, 0.2) is 0 Å². The molecule has 3 amide bonds. The smallest absolute Gasteiger partial charge is 0.321 e. The molecule has 0 aliphatic carbocycles. The van der Waals surface area contributed by atoms with E-state index in [0.29, 0.717) is 29.5 Å². The zero-order valence-electron chi connectivity index (χ0n) is 13.2. The van der Waals surface area contributed by atoms with Crippen molar-refractivity contribution in [3.05, 3.63) is 23.2 Å². The molecule has 0 spiro atoms. The van der Waals surface area contributed by atoms with Gasteiger partial charge in [0, 0.05) is 31.9 Å². The first-order chi connectivity index (χ1) is 11.0. The summed E-state index contributed by atoms with van der Waals surface area (Å²) < 4.78 is 5.10. The Bertz CT molecular complexity index is 637. The predicted octanol–water partition coefficient (Wildman–Crippen LogP) is 2.43. The molecule has 0 aromatic heterocycles. The van der Waals surface area contributed by atoms with Gasteiger partial charge in [-0.05, 0) is 31.0 Å². The van der Waals surface area contributed by atoms with E-state index >= 15 is 0 Å². The summed E-state index contributed by atoms with van der Waals surface area (Å²) in [6.45, 7) is 1.03. The lowest BCUT2D eigenvalue weighted by Crippen LogP contribution is -2.45. The molecule has 7 heteroatoms. The Morgan fingerprint density at radius 2 is 2.13 bits per heavy atom. The van der Waals surface area contributed by atoms with Gasteiger partial charge in [0.25, 0.3) is 0 Å². The summed E-state index contributed by atoms with van der Waals surface area (Å²) in [7, 11) is 3.36. The van der Waals surface area contributed by atoms with E-state index in [1.807, 2.05) is 7.05 Å². The molecule has 0 saturated carbocycles. The minimum Gasteiger partial charge on any atom is -0.495 e. The number of hydrogen-bond donors (Lipinski definition) is 1. The Balaban J connectivity index is 1.71. The molecular weight excluding hydrogens is 318 g/mol. The van der Waals surface area contributed by atoms with Crippen LogP contribution in [0.4, 0.5) is 10.5 Å². The molecule has 3 fully saturated rings. The van der Waals surface area contributed by atoms with Crippen LogP contribution in [-0.4, -0.2) is 55.0 Å². The maximum absolute atomic E-state index is 12.5. The summed E-state index contributed by atoms with van der Waals surface area (Å²) >= 11 is 6.08. The zero-order chi connectivity index (χ0) is 16.6. The zero-order valence-corrected chi connectivity index (χ0v) is 14.0. The molecule has 1 aromatic carbocycles. The molecule has 0 unspecified atom stereocenters. The highest BCUT2D eigenvalue weighted by molar-refractivity contribution is 6.32. The molecule has 3 aliphatic heterocycles. The number of anilines is 1. The van der Waals surface area contributed by atoms with Crippen molar-refractivity contribution in [1.29, 1.82) is 0 Å². The molecule has 3 aliphatic rings. The van der Waals surface area contributed by atoms with E-state index in [1.54, 1.807) is 35.1 Å². The van der Waals surface area contributed by atoms with Crippen LogP contribution in [0.5, 0.6) is 5.75 Å². The third kappa shape index (κ3) is 3.08. The summed E-state index contributed by atoms with van der Waals surface area (Å²) in [5.74, 6) is 0.609. The topological polar surface area (TPSA) is 61.9 Å². The number of halogens is 1. The molecular formula is C16H20ClN3O3. The molecule has 2 bridgehead atoms. The molecule has 3 saturated heterocycles. The minimum atomic E-state index is -0.203.